The van der Waals surface area contributed by atoms with Gasteiger partial charge in [-0.15, -0.1) is 11.3 Å². The highest BCUT2D eigenvalue weighted by atomic mass is 32.1. The summed E-state index contributed by atoms with van der Waals surface area (Å²) in [4.78, 5) is 30.2. The molecule has 0 bridgehead atoms. The maximum Gasteiger partial charge on any atom is 0.357 e. The van der Waals surface area contributed by atoms with Crippen molar-refractivity contribution in [3.05, 3.63) is 16.1 Å². The fraction of sp³-hybridized carbons (Fsp3) is 0.688. The number of ether oxygens (including phenoxy) is 2. The number of aromatic nitrogens is 1. The number of hydrogen-bond donors (Lipinski definition) is 0. The van der Waals surface area contributed by atoms with Gasteiger partial charge in [0.15, 0.2) is 5.69 Å². The minimum absolute atomic E-state index is 0.173. The van der Waals surface area contributed by atoms with Crippen LogP contribution < -0.4 is 0 Å². The third-order valence-electron chi connectivity index (χ3n) is 3.52. The summed E-state index contributed by atoms with van der Waals surface area (Å²) in [6, 6.07) is 0. The molecule has 1 amide bonds. The first-order chi connectivity index (χ1) is 11.2. The molecule has 0 atom stereocenters. The molecule has 0 spiro atoms. The van der Waals surface area contributed by atoms with Crippen LogP contribution in [0.4, 0.5) is 0 Å². The zero-order valence-electron chi connectivity index (χ0n) is 13.7. The molecule has 1 saturated carbocycles. The predicted octanol–water partition coefficient (Wildman–Crippen LogP) is 2.49. The lowest BCUT2D eigenvalue weighted by Gasteiger charge is -2.21. The normalized spacial score (nSPS) is 13.8. The minimum atomic E-state index is -0.411. The van der Waals surface area contributed by atoms with E-state index in [4.69, 9.17) is 9.47 Å². The molecular weight excluding hydrogens is 316 g/mol. The lowest BCUT2D eigenvalue weighted by Crippen LogP contribution is -2.33. The highest BCUT2D eigenvalue weighted by molar-refractivity contribution is 7.09. The summed E-state index contributed by atoms with van der Waals surface area (Å²) in [6.07, 6.45) is 2.77. The van der Waals surface area contributed by atoms with Gasteiger partial charge in [-0.25, -0.2) is 9.78 Å². The van der Waals surface area contributed by atoms with E-state index in [9.17, 15) is 9.59 Å². The zero-order valence-corrected chi connectivity index (χ0v) is 14.6. The monoisotopic (exact) mass is 340 g/mol. The highest BCUT2D eigenvalue weighted by Gasteiger charge is 2.33. The molecule has 6 nitrogen and oxygen atoms in total. The highest BCUT2D eigenvalue weighted by Crippen LogP contribution is 2.31. The summed E-state index contributed by atoms with van der Waals surface area (Å²) in [5, 5.41) is 2.45. The van der Waals surface area contributed by atoms with E-state index in [1.807, 2.05) is 11.8 Å². The number of hydrogen-bond acceptors (Lipinski definition) is 6. The van der Waals surface area contributed by atoms with Gasteiger partial charge < -0.3 is 14.4 Å². The van der Waals surface area contributed by atoms with Crippen LogP contribution in [0, 0.1) is 5.92 Å². The number of rotatable bonds is 10. The third-order valence-corrected chi connectivity index (χ3v) is 4.36. The second-order valence-corrected chi connectivity index (χ2v) is 6.37. The molecule has 1 aromatic rings. The molecule has 23 heavy (non-hydrogen) atoms. The molecule has 1 aliphatic carbocycles. The number of esters is 1. The number of nitrogens with zero attached hydrogens (tertiary/aromatic N) is 2. The topological polar surface area (TPSA) is 68.7 Å². The van der Waals surface area contributed by atoms with Gasteiger partial charge in [0.2, 0.25) is 5.91 Å². The first kappa shape index (κ1) is 17.9. The Kier molecular flexibility index (Phi) is 6.98. The Balaban J connectivity index is 1.93. The van der Waals surface area contributed by atoms with E-state index in [0.29, 0.717) is 38.6 Å². The molecule has 2 rings (SSSR count). The van der Waals surface area contributed by atoms with Crippen LogP contribution in [0.3, 0.4) is 0 Å². The Morgan fingerprint density at radius 3 is 2.78 bits per heavy atom. The average molecular weight is 340 g/mol. The van der Waals surface area contributed by atoms with Crippen molar-refractivity contribution >= 4 is 23.2 Å². The predicted molar refractivity (Wildman–Crippen MR) is 87.3 cm³/mol. The van der Waals surface area contributed by atoms with E-state index < -0.39 is 5.97 Å². The third kappa shape index (κ3) is 5.58. The molecular formula is C16H24N2O4S. The average Bonchev–Trinajstić information content (AvgIpc) is 3.29. The molecule has 1 fully saturated rings. The van der Waals surface area contributed by atoms with Crippen molar-refractivity contribution in [3.63, 3.8) is 0 Å². The summed E-state index contributed by atoms with van der Waals surface area (Å²) in [5.74, 6) is -0.0487. The van der Waals surface area contributed by atoms with Crippen LogP contribution in [0.2, 0.25) is 0 Å². The first-order valence-electron chi connectivity index (χ1n) is 8.13. The summed E-state index contributed by atoms with van der Waals surface area (Å²) in [5.41, 5.74) is 0.319. The lowest BCUT2D eigenvalue weighted by molar-refractivity contribution is -0.133. The van der Waals surface area contributed by atoms with Crippen LogP contribution in [0.15, 0.2) is 5.38 Å². The second kappa shape index (κ2) is 8.98. The van der Waals surface area contributed by atoms with Gasteiger partial charge in [0, 0.05) is 31.1 Å². The van der Waals surface area contributed by atoms with E-state index in [1.54, 1.807) is 12.3 Å². The first-order valence-corrected chi connectivity index (χ1v) is 9.01. The molecule has 1 aliphatic rings. The van der Waals surface area contributed by atoms with Crippen molar-refractivity contribution in [1.82, 2.24) is 9.88 Å². The van der Waals surface area contributed by atoms with Gasteiger partial charge in [-0.05, 0) is 33.1 Å². The Morgan fingerprint density at radius 2 is 2.13 bits per heavy atom. The molecule has 0 saturated heterocycles. The van der Waals surface area contributed by atoms with E-state index in [0.717, 1.165) is 24.3 Å². The Bertz CT molecular complexity index is 528. The molecule has 0 unspecified atom stereocenters. The Morgan fingerprint density at radius 1 is 1.35 bits per heavy atom. The lowest BCUT2D eigenvalue weighted by atomic mass is 10.3. The summed E-state index contributed by atoms with van der Waals surface area (Å²) in [6.45, 7) is 6.49. The SMILES string of the molecule is CCOCCCN(Cc1nc(C(=O)OCC)cs1)C(=O)C1CC1. The molecule has 1 heterocycles. The van der Waals surface area contributed by atoms with Gasteiger partial charge in [0.1, 0.15) is 5.01 Å². The van der Waals surface area contributed by atoms with Gasteiger partial charge in [-0.3, -0.25) is 4.79 Å². The maximum absolute atomic E-state index is 12.4. The number of carbonyl (C=O) groups is 2. The van der Waals surface area contributed by atoms with Crippen LogP contribution in [-0.2, 0) is 20.8 Å². The zero-order chi connectivity index (χ0) is 16.7. The van der Waals surface area contributed by atoms with Crippen molar-refractivity contribution in [2.45, 2.75) is 39.7 Å². The fourth-order valence-electron chi connectivity index (χ4n) is 2.20. The molecule has 7 heteroatoms. The second-order valence-electron chi connectivity index (χ2n) is 5.43. The number of thiazole rings is 1. The van der Waals surface area contributed by atoms with Crippen molar-refractivity contribution in [2.24, 2.45) is 5.92 Å². The van der Waals surface area contributed by atoms with Crippen LogP contribution >= 0.6 is 11.3 Å². The van der Waals surface area contributed by atoms with Crippen LogP contribution in [0.5, 0.6) is 0 Å². The van der Waals surface area contributed by atoms with E-state index >= 15 is 0 Å². The molecule has 0 aromatic carbocycles. The van der Waals surface area contributed by atoms with Gasteiger partial charge in [-0.1, -0.05) is 0 Å². The molecule has 1 aromatic heterocycles. The van der Waals surface area contributed by atoms with Crippen LogP contribution in [0.1, 0.15) is 48.6 Å². The van der Waals surface area contributed by atoms with E-state index in [1.165, 1.54) is 11.3 Å². The number of amides is 1. The van der Waals surface area contributed by atoms with Crippen LogP contribution in [-0.4, -0.2) is 48.1 Å². The van der Waals surface area contributed by atoms with Crippen molar-refractivity contribution < 1.29 is 19.1 Å². The maximum atomic E-state index is 12.4. The molecule has 128 valence electrons. The van der Waals surface area contributed by atoms with Crippen molar-refractivity contribution in [1.29, 1.82) is 0 Å². The quantitative estimate of drug-likeness (QED) is 0.483. The van der Waals surface area contributed by atoms with Crippen molar-refractivity contribution in [2.75, 3.05) is 26.4 Å². The Labute approximate surface area is 140 Å². The standard InChI is InChI=1S/C16H24N2O4S/c1-3-21-9-5-8-18(15(19)12-6-7-12)10-14-17-13(11-23-14)16(20)22-4-2/h11-12H,3-10H2,1-2H3. The van der Waals surface area contributed by atoms with Gasteiger partial charge >= 0.3 is 5.97 Å². The van der Waals surface area contributed by atoms with Crippen molar-refractivity contribution in [3.8, 4) is 0 Å². The van der Waals surface area contributed by atoms with Gasteiger partial charge in [-0.2, -0.15) is 0 Å². The van der Waals surface area contributed by atoms with Crippen LogP contribution in [0.25, 0.3) is 0 Å². The van der Waals surface area contributed by atoms with E-state index in [-0.39, 0.29) is 11.8 Å². The molecule has 0 aliphatic heterocycles. The van der Waals surface area contributed by atoms with Gasteiger partial charge in [0.05, 0.1) is 13.2 Å². The van der Waals surface area contributed by atoms with E-state index in [2.05, 4.69) is 4.98 Å². The minimum Gasteiger partial charge on any atom is -0.461 e. The summed E-state index contributed by atoms with van der Waals surface area (Å²) in [7, 11) is 0. The smallest absolute Gasteiger partial charge is 0.357 e. The summed E-state index contributed by atoms with van der Waals surface area (Å²) >= 11 is 1.39. The fourth-order valence-corrected chi connectivity index (χ4v) is 2.98. The number of carbonyl (C=O) groups excluding carboxylic acids is 2. The molecule has 0 N–H and O–H groups in total. The Hall–Kier alpha value is -1.47. The van der Waals surface area contributed by atoms with Gasteiger partial charge in [0.25, 0.3) is 0 Å². The molecule has 0 radical (unpaired) electrons. The summed E-state index contributed by atoms with van der Waals surface area (Å²) < 4.78 is 10.3. The largest absolute Gasteiger partial charge is 0.461 e.